The van der Waals surface area contributed by atoms with Crippen molar-refractivity contribution >= 4 is 46.1 Å². The number of halogens is 2. The Kier molecular flexibility index (Phi) is 4.39. The van der Waals surface area contributed by atoms with Crippen LogP contribution in [0.15, 0.2) is 56.4 Å². The van der Waals surface area contributed by atoms with E-state index in [0.29, 0.717) is 15.7 Å². The quantitative estimate of drug-likeness (QED) is 0.668. The van der Waals surface area contributed by atoms with E-state index in [1.54, 1.807) is 41.7 Å². The van der Waals surface area contributed by atoms with Gasteiger partial charge in [-0.1, -0.05) is 17.8 Å². The summed E-state index contributed by atoms with van der Waals surface area (Å²) in [5, 5.41) is 5.06. The number of nitrogens with two attached hydrogens (primary N) is 1. The van der Waals surface area contributed by atoms with Crippen LogP contribution < -0.4 is 10.7 Å². The molecule has 2 heterocycles. The molecule has 0 unspecified atom stereocenters. The van der Waals surface area contributed by atoms with Crippen molar-refractivity contribution in [3.63, 3.8) is 0 Å². The zero-order valence-corrected chi connectivity index (χ0v) is 13.9. The maximum atomic E-state index is 13.3. The van der Waals surface area contributed by atoms with Gasteiger partial charge in [-0.3, -0.25) is 0 Å². The van der Waals surface area contributed by atoms with Crippen molar-refractivity contribution < 1.29 is 4.39 Å². The lowest BCUT2D eigenvalue weighted by atomic mass is 10.3. The summed E-state index contributed by atoms with van der Waals surface area (Å²) in [5.41, 5.74) is 7.15. The number of thioether (sulfide) groups is 1. The first-order valence-corrected chi connectivity index (χ1v) is 8.34. The number of hydrogen-bond acceptors (Lipinski definition) is 6. The Morgan fingerprint density at radius 2 is 2.27 bits per heavy atom. The van der Waals surface area contributed by atoms with Gasteiger partial charge in [0.05, 0.1) is 0 Å². The van der Waals surface area contributed by atoms with Crippen LogP contribution in [0, 0.1) is 5.82 Å². The lowest BCUT2D eigenvalue weighted by Crippen LogP contribution is -2.35. The summed E-state index contributed by atoms with van der Waals surface area (Å²) in [6.45, 7) is 0. The van der Waals surface area contributed by atoms with E-state index in [4.69, 9.17) is 17.5 Å². The van der Waals surface area contributed by atoms with E-state index in [1.165, 1.54) is 28.4 Å². The van der Waals surface area contributed by atoms with Crippen molar-refractivity contribution in [2.45, 2.75) is 4.90 Å². The van der Waals surface area contributed by atoms with E-state index < -0.39 is 0 Å². The van der Waals surface area contributed by atoms with Gasteiger partial charge in [-0.15, -0.1) is 15.9 Å². The summed E-state index contributed by atoms with van der Waals surface area (Å²) in [6, 6.07) is 8.21. The monoisotopic (exact) mass is 354 g/mol. The Morgan fingerprint density at radius 3 is 3.00 bits per heavy atom. The topological polar surface area (TPSA) is 44.9 Å². The molecule has 1 aliphatic heterocycles. The minimum absolute atomic E-state index is 0.304. The van der Waals surface area contributed by atoms with Gasteiger partial charge in [-0.2, -0.15) is 0 Å². The number of benzene rings is 1. The van der Waals surface area contributed by atoms with Crippen LogP contribution in [0.5, 0.6) is 0 Å². The molecule has 0 bridgehead atoms. The van der Waals surface area contributed by atoms with E-state index in [2.05, 4.69) is 4.99 Å². The maximum Gasteiger partial charge on any atom is 0.180 e. The molecule has 1 aromatic heterocycles. The summed E-state index contributed by atoms with van der Waals surface area (Å²) in [7, 11) is 1.70. The van der Waals surface area contributed by atoms with Crippen molar-refractivity contribution in [1.82, 2.24) is 4.53 Å². The predicted octanol–water partition coefficient (Wildman–Crippen LogP) is 4.00. The smallest absolute Gasteiger partial charge is 0.180 e. The summed E-state index contributed by atoms with van der Waals surface area (Å²) < 4.78 is 14.7. The third-order valence-corrected chi connectivity index (χ3v) is 4.86. The zero-order chi connectivity index (χ0) is 15.7. The average Bonchev–Trinajstić information content (AvgIpc) is 2.94. The van der Waals surface area contributed by atoms with Crippen LogP contribution in [0.25, 0.3) is 0 Å². The predicted molar refractivity (Wildman–Crippen MR) is 91.5 cm³/mol. The number of hydrogen-bond donors (Lipinski definition) is 1. The second-order valence-corrected chi connectivity index (χ2v) is 6.94. The summed E-state index contributed by atoms with van der Waals surface area (Å²) in [5.74, 6) is 0.212. The van der Waals surface area contributed by atoms with Crippen molar-refractivity contribution in [1.29, 1.82) is 0 Å². The highest BCUT2D eigenvalue weighted by atomic mass is 35.5. The number of anilines is 1. The molecule has 0 aliphatic carbocycles. The molecule has 4 nitrogen and oxygen atoms in total. The van der Waals surface area contributed by atoms with Crippen LogP contribution >= 0.6 is 34.9 Å². The standard InChI is InChI=1S/C14H12ClFN4S2/c1-19(15)20-13(18-8-9-5-6-21-14(9)20)12(17)22-11-4-2-3-10(16)7-11/h2-8H,17H2,1H3/b13-12+. The highest BCUT2D eigenvalue weighted by Crippen LogP contribution is 2.37. The average molecular weight is 355 g/mol. The number of thiophene rings is 1. The third kappa shape index (κ3) is 2.98. The third-order valence-electron chi connectivity index (χ3n) is 2.91. The first-order chi connectivity index (χ1) is 10.6. The lowest BCUT2D eigenvalue weighted by molar-refractivity contribution is 0.536. The molecule has 1 aliphatic rings. The molecule has 0 spiro atoms. The van der Waals surface area contributed by atoms with Crippen LogP contribution in [0.3, 0.4) is 0 Å². The molecule has 0 amide bonds. The van der Waals surface area contributed by atoms with Gasteiger partial charge in [0.25, 0.3) is 0 Å². The molecule has 3 rings (SSSR count). The summed E-state index contributed by atoms with van der Waals surface area (Å²) >= 11 is 8.93. The fourth-order valence-corrected chi connectivity index (χ4v) is 3.89. The number of rotatable bonds is 3. The second-order valence-electron chi connectivity index (χ2n) is 4.44. The first kappa shape index (κ1) is 15.4. The Labute approximate surface area is 140 Å². The van der Waals surface area contributed by atoms with Gasteiger partial charge in [0.1, 0.15) is 15.8 Å². The largest absolute Gasteiger partial charge is 0.390 e. The Balaban J connectivity index is 1.97. The van der Waals surface area contributed by atoms with Crippen molar-refractivity contribution in [3.8, 4) is 0 Å². The van der Waals surface area contributed by atoms with Crippen LogP contribution in [-0.2, 0) is 0 Å². The number of fused-ring (bicyclic) bond motifs is 1. The highest BCUT2D eigenvalue weighted by molar-refractivity contribution is 8.03. The molecule has 8 heteroatoms. The van der Waals surface area contributed by atoms with Crippen molar-refractivity contribution in [2.75, 3.05) is 12.1 Å². The molecular formula is C14H12ClFN4S2. The number of nitrogens with zero attached hydrogens (tertiary/aromatic N) is 3. The zero-order valence-electron chi connectivity index (χ0n) is 11.5. The molecule has 22 heavy (non-hydrogen) atoms. The summed E-state index contributed by atoms with van der Waals surface area (Å²) in [6.07, 6.45) is 1.75. The fourth-order valence-electron chi connectivity index (χ4n) is 1.99. The molecule has 0 saturated carbocycles. The van der Waals surface area contributed by atoms with Crippen LogP contribution in [0.2, 0.25) is 0 Å². The van der Waals surface area contributed by atoms with Gasteiger partial charge in [0.2, 0.25) is 0 Å². The molecule has 0 radical (unpaired) electrons. The Bertz CT molecular complexity index is 757. The molecule has 2 aromatic rings. The second kappa shape index (κ2) is 6.29. The summed E-state index contributed by atoms with van der Waals surface area (Å²) in [4.78, 5) is 5.09. The molecule has 114 valence electrons. The van der Waals surface area contributed by atoms with Gasteiger partial charge in [-0.05, 0) is 29.6 Å². The Morgan fingerprint density at radius 1 is 1.45 bits per heavy atom. The van der Waals surface area contributed by atoms with Crippen molar-refractivity contribution in [2.24, 2.45) is 10.7 Å². The van der Waals surface area contributed by atoms with E-state index >= 15 is 0 Å². The highest BCUT2D eigenvalue weighted by Gasteiger charge is 2.25. The van der Waals surface area contributed by atoms with Crippen molar-refractivity contribution in [3.05, 3.63) is 57.9 Å². The molecule has 2 N–H and O–H groups in total. The minimum atomic E-state index is -0.304. The van der Waals surface area contributed by atoms with E-state index in [9.17, 15) is 4.39 Å². The van der Waals surface area contributed by atoms with Gasteiger partial charge in [0.15, 0.2) is 5.82 Å². The fraction of sp³-hybridized carbons (Fsp3) is 0.0714. The van der Waals surface area contributed by atoms with Crippen LogP contribution in [0.4, 0.5) is 9.39 Å². The van der Waals surface area contributed by atoms with E-state index in [0.717, 1.165) is 10.6 Å². The Hall–Kier alpha value is -1.54. The van der Waals surface area contributed by atoms with Crippen LogP contribution in [-0.4, -0.2) is 17.8 Å². The molecule has 0 atom stereocenters. The van der Waals surface area contributed by atoms with Crippen LogP contribution in [0.1, 0.15) is 5.56 Å². The minimum Gasteiger partial charge on any atom is -0.390 e. The maximum absolute atomic E-state index is 13.3. The van der Waals surface area contributed by atoms with Gasteiger partial charge in [0, 0.05) is 35.5 Å². The van der Waals surface area contributed by atoms with E-state index in [1.807, 2.05) is 11.4 Å². The van der Waals surface area contributed by atoms with Gasteiger partial charge in [-0.25, -0.2) is 14.4 Å². The van der Waals surface area contributed by atoms with E-state index in [-0.39, 0.29) is 5.82 Å². The number of hydrazine groups is 1. The normalized spacial score (nSPS) is 16.1. The molecular weight excluding hydrogens is 343 g/mol. The van der Waals surface area contributed by atoms with Gasteiger partial charge >= 0.3 is 0 Å². The first-order valence-electron chi connectivity index (χ1n) is 6.30. The molecule has 0 saturated heterocycles. The SMILES string of the molecule is CN(Cl)N1/C(=C(\N)Sc2cccc(F)c2)N=Cc2ccsc21. The lowest BCUT2D eigenvalue weighted by Gasteiger charge is -2.30. The molecule has 0 fully saturated rings. The number of aliphatic imine (C=N–C) groups is 1. The van der Waals surface area contributed by atoms with Gasteiger partial charge < -0.3 is 5.73 Å². The molecule has 1 aromatic carbocycles.